The summed E-state index contributed by atoms with van der Waals surface area (Å²) in [7, 11) is 0. The van der Waals surface area contributed by atoms with E-state index in [1.165, 1.54) is 161 Å². The molecule has 0 aromatic carbocycles. The standard InChI is InChI=1S/C52H100O6/c1-7-48(6)40-34-28-22-14-12-10-8-9-11-13-15-23-29-35-41-50(53)56-44-49(58-52(55)43-37-31-25-19-17-21-27-33-39-47(4)5)45-57-51(54)42-36-30-24-18-16-20-26-32-38-46(2)3/h46-49H,7-45H2,1-6H3/t48?,49-/m1/s1. The van der Waals surface area contributed by atoms with Crippen molar-refractivity contribution in [1.29, 1.82) is 0 Å². The molecule has 0 aliphatic rings. The molecule has 2 atom stereocenters. The number of rotatable bonds is 45. The second-order valence-corrected chi connectivity index (χ2v) is 19.0. The summed E-state index contributed by atoms with van der Waals surface area (Å²) >= 11 is 0. The van der Waals surface area contributed by atoms with Crippen molar-refractivity contribution in [2.45, 2.75) is 285 Å². The van der Waals surface area contributed by atoms with Crippen LogP contribution in [0.15, 0.2) is 0 Å². The van der Waals surface area contributed by atoms with Crippen LogP contribution in [0.4, 0.5) is 0 Å². The fourth-order valence-corrected chi connectivity index (χ4v) is 7.73. The Balaban J connectivity index is 4.27. The molecule has 0 aromatic heterocycles. The zero-order valence-electron chi connectivity index (χ0n) is 39.8. The van der Waals surface area contributed by atoms with Crippen molar-refractivity contribution in [2.75, 3.05) is 13.2 Å². The Morgan fingerprint density at radius 1 is 0.345 bits per heavy atom. The summed E-state index contributed by atoms with van der Waals surface area (Å²) in [5.41, 5.74) is 0. The largest absolute Gasteiger partial charge is 0.462 e. The van der Waals surface area contributed by atoms with E-state index in [1.807, 2.05) is 0 Å². The SMILES string of the molecule is CCC(C)CCCCCCCCCCCCCCCCC(=O)OC[C@H](COC(=O)CCCCCCCCCCC(C)C)OC(=O)CCCCCCCCCCC(C)C. The third-order valence-corrected chi connectivity index (χ3v) is 12.0. The number of unbranched alkanes of at least 4 members (excludes halogenated alkanes) is 27. The topological polar surface area (TPSA) is 78.9 Å². The molecule has 0 amide bonds. The van der Waals surface area contributed by atoms with E-state index in [4.69, 9.17) is 14.2 Å². The Morgan fingerprint density at radius 3 is 0.897 bits per heavy atom. The lowest BCUT2D eigenvalue weighted by Crippen LogP contribution is -2.30. The molecule has 0 radical (unpaired) electrons. The molecule has 6 nitrogen and oxygen atoms in total. The lowest BCUT2D eigenvalue weighted by atomic mass is 9.99. The van der Waals surface area contributed by atoms with Gasteiger partial charge < -0.3 is 14.2 Å². The molecule has 0 aliphatic carbocycles. The Hall–Kier alpha value is -1.59. The third-order valence-electron chi connectivity index (χ3n) is 12.0. The van der Waals surface area contributed by atoms with Crippen LogP contribution in [0.5, 0.6) is 0 Å². The van der Waals surface area contributed by atoms with Gasteiger partial charge >= 0.3 is 17.9 Å². The van der Waals surface area contributed by atoms with Crippen LogP contribution in [0, 0.1) is 17.8 Å². The van der Waals surface area contributed by atoms with E-state index < -0.39 is 6.10 Å². The van der Waals surface area contributed by atoms with Gasteiger partial charge in [-0.25, -0.2) is 0 Å². The van der Waals surface area contributed by atoms with Crippen molar-refractivity contribution < 1.29 is 28.6 Å². The highest BCUT2D eigenvalue weighted by molar-refractivity contribution is 5.71. The van der Waals surface area contributed by atoms with Crippen LogP contribution in [0.2, 0.25) is 0 Å². The summed E-state index contributed by atoms with van der Waals surface area (Å²) in [6.07, 6.45) is 42.4. The van der Waals surface area contributed by atoms with Crippen LogP contribution in [0.1, 0.15) is 279 Å². The van der Waals surface area contributed by atoms with E-state index in [2.05, 4.69) is 41.5 Å². The molecule has 0 aromatic rings. The first-order chi connectivity index (χ1) is 28.1. The molecule has 0 saturated heterocycles. The Bertz CT molecular complexity index is 900. The number of carbonyl (C=O) groups excluding carboxylic acids is 3. The minimum absolute atomic E-state index is 0.0654. The maximum Gasteiger partial charge on any atom is 0.306 e. The maximum atomic E-state index is 12.7. The van der Waals surface area contributed by atoms with E-state index in [0.29, 0.717) is 19.3 Å². The second-order valence-electron chi connectivity index (χ2n) is 19.0. The summed E-state index contributed by atoms with van der Waals surface area (Å²) in [5, 5.41) is 0. The first-order valence-corrected chi connectivity index (χ1v) is 25.6. The minimum Gasteiger partial charge on any atom is -0.462 e. The molecular weight excluding hydrogens is 721 g/mol. The van der Waals surface area contributed by atoms with Crippen molar-refractivity contribution in [2.24, 2.45) is 17.8 Å². The first-order valence-electron chi connectivity index (χ1n) is 25.6. The van der Waals surface area contributed by atoms with Crippen LogP contribution in [0.3, 0.4) is 0 Å². The van der Waals surface area contributed by atoms with Crippen LogP contribution in [0.25, 0.3) is 0 Å². The molecular formula is C52H100O6. The van der Waals surface area contributed by atoms with Gasteiger partial charge in [0.2, 0.25) is 0 Å². The summed E-state index contributed by atoms with van der Waals surface area (Å²) in [6, 6.07) is 0. The molecule has 0 heterocycles. The molecule has 0 rings (SSSR count). The molecule has 0 N–H and O–H groups in total. The van der Waals surface area contributed by atoms with Gasteiger partial charge in [-0.1, -0.05) is 241 Å². The molecule has 0 fully saturated rings. The maximum absolute atomic E-state index is 12.7. The number of carbonyl (C=O) groups is 3. The van der Waals surface area contributed by atoms with E-state index >= 15 is 0 Å². The number of hydrogen-bond acceptors (Lipinski definition) is 6. The van der Waals surface area contributed by atoms with Crippen LogP contribution < -0.4 is 0 Å². The lowest BCUT2D eigenvalue weighted by molar-refractivity contribution is -0.167. The third kappa shape index (κ3) is 44.0. The van der Waals surface area contributed by atoms with Crippen molar-refractivity contribution >= 4 is 17.9 Å². The van der Waals surface area contributed by atoms with Crippen LogP contribution >= 0.6 is 0 Å². The van der Waals surface area contributed by atoms with Gasteiger partial charge in [-0.05, 0) is 37.0 Å². The predicted molar refractivity (Wildman–Crippen MR) is 247 cm³/mol. The summed E-state index contributed by atoms with van der Waals surface area (Å²) in [6.45, 7) is 13.7. The molecule has 6 heteroatoms. The number of hydrogen-bond donors (Lipinski definition) is 0. The van der Waals surface area contributed by atoms with Gasteiger partial charge in [0.15, 0.2) is 6.10 Å². The first kappa shape index (κ1) is 56.4. The summed E-state index contributed by atoms with van der Waals surface area (Å²) < 4.78 is 16.8. The molecule has 1 unspecified atom stereocenters. The molecule has 58 heavy (non-hydrogen) atoms. The fourth-order valence-electron chi connectivity index (χ4n) is 7.73. The van der Waals surface area contributed by atoms with Gasteiger partial charge in [-0.15, -0.1) is 0 Å². The molecule has 344 valence electrons. The molecule has 0 aliphatic heterocycles. The number of ether oxygens (including phenoxy) is 3. The van der Waals surface area contributed by atoms with Gasteiger partial charge in [0, 0.05) is 19.3 Å². The zero-order valence-corrected chi connectivity index (χ0v) is 39.8. The normalized spacial score (nSPS) is 12.6. The Morgan fingerprint density at radius 2 is 0.603 bits per heavy atom. The predicted octanol–water partition coefficient (Wildman–Crippen LogP) is 16.4. The Labute approximate surface area is 361 Å². The second kappa shape index (κ2) is 43.5. The monoisotopic (exact) mass is 821 g/mol. The van der Waals surface area contributed by atoms with E-state index in [9.17, 15) is 14.4 Å². The van der Waals surface area contributed by atoms with Crippen molar-refractivity contribution in [3.05, 3.63) is 0 Å². The van der Waals surface area contributed by atoms with Crippen molar-refractivity contribution in [3.8, 4) is 0 Å². The summed E-state index contributed by atoms with van der Waals surface area (Å²) in [4.78, 5) is 37.9. The minimum atomic E-state index is -0.763. The van der Waals surface area contributed by atoms with Gasteiger partial charge in [-0.3, -0.25) is 14.4 Å². The molecule has 0 bridgehead atoms. The van der Waals surface area contributed by atoms with E-state index in [-0.39, 0.29) is 31.1 Å². The number of esters is 3. The Kier molecular flexibility index (Phi) is 42.3. The summed E-state index contributed by atoms with van der Waals surface area (Å²) in [5.74, 6) is 1.63. The van der Waals surface area contributed by atoms with Crippen molar-refractivity contribution in [3.63, 3.8) is 0 Å². The quantitative estimate of drug-likeness (QED) is 0.0346. The van der Waals surface area contributed by atoms with E-state index in [1.54, 1.807) is 0 Å². The average Bonchev–Trinajstić information content (AvgIpc) is 3.19. The highest BCUT2D eigenvalue weighted by Crippen LogP contribution is 2.18. The van der Waals surface area contributed by atoms with Gasteiger partial charge in [0.05, 0.1) is 0 Å². The molecule has 0 saturated carbocycles. The average molecular weight is 821 g/mol. The lowest BCUT2D eigenvalue weighted by Gasteiger charge is -2.18. The fraction of sp³-hybridized carbons (Fsp3) is 0.942. The van der Waals surface area contributed by atoms with Crippen LogP contribution in [-0.2, 0) is 28.6 Å². The van der Waals surface area contributed by atoms with E-state index in [0.717, 1.165) is 75.5 Å². The van der Waals surface area contributed by atoms with Gasteiger partial charge in [0.1, 0.15) is 13.2 Å². The molecule has 0 spiro atoms. The smallest absolute Gasteiger partial charge is 0.306 e. The van der Waals surface area contributed by atoms with Crippen molar-refractivity contribution in [1.82, 2.24) is 0 Å². The van der Waals surface area contributed by atoms with Crippen LogP contribution in [-0.4, -0.2) is 37.2 Å². The van der Waals surface area contributed by atoms with Gasteiger partial charge in [-0.2, -0.15) is 0 Å². The zero-order chi connectivity index (χ0) is 42.7. The highest BCUT2D eigenvalue weighted by atomic mass is 16.6. The van der Waals surface area contributed by atoms with Gasteiger partial charge in [0.25, 0.3) is 0 Å². The highest BCUT2D eigenvalue weighted by Gasteiger charge is 2.19.